The molecule has 7 rings (SSSR count). The van der Waals surface area contributed by atoms with E-state index in [9.17, 15) is 75.6 Å². The van der Waals surface area contributed by atoms with Gasteiger partial charge < -0.3 is 41.7 Å². The van der Waals surface area contributed by atoms with Crippen LogP contribution in [0.15, 0.2) is 165 Å². The number of halogens is 6. The van der Waals surface area contributed by atoms with Gasteiger partial charge in [0.15, 0.2) is 0 Å². The Hall–Kier alpha value is -10.2. The third-order valence-corrected chi connectivity index (χ3v) is 16.9. The van der Waals surface area contributed by atoms with Crippen molar-refractivity contribution in [3.63, 3.8) is 0 Å². The standard InChI is InChI=1S/C58H44F6N4O16S2/c1-29-9-5-13-35(21-29)85(81,82)37-15-7-11-33(25-37)66-48(70)41-23-31(17-19-39(41)51(73)74)56(57(59,60)61,58(62,63)64)32-18-20-40(52(75)76)42(24-32)50(72)68-55(2,3)30-10-6-14-36(22-30)86(83,84)38-16-8-12-34(26-38)67-49(71)44-27-43(47(69)65-4)45(53(77)78)28-46(44)54(79)80/h5-28H,1-4H3,(H,65,69)(H,66,70)(H,67,71)(H,68,72)(H,73,74)(H,75,76)(H,77,78)(H,79,80). The summed E-state index contributed by atoms with van der Waals surface area (Å²) >= 11 is 0. The first-order valence-electron chi connectivity index (χ1n) is 24.6. The summed E-state index contributed by atoms with van der Waals surface area (Å²) in [6, 6.07) is 20.8. The molecule has 28 heteroatoms. The largest absolute Gasteiger partial charge is 0.478 e. The molecule has 0 atom stereocenters. The molecule has 0 unspecified atom stereocenters. The number of rotatable bonds is 18. The summed E-state index contributed by atoms with van der Waals surface area (Å²) < 4.78 is 150. The maximum absolute atomic E-state index is 15.8. The van der Waals surface area contributed by atoms with Crippen molar-refractivity contribution in [1.29, 1.82) is 0 Å². The number of aromatic carboxylic acids is 4. The summed E-state index contributed by atoms with van der Waals surface area (Å²) in [5, 5.41) is 48.5. The zero-order valence-corrected chi connectivity index (χ0v) is 46.3. The van der Waals surface area contributed by atoms with Gasteiger partial charge in [-0.05, 0) is 140 Å². The van der Waals surface area contributed by atoms with Crippen LogP contribution < -0.4 is 21.3 Å². The van der Waals surface area contributed by atoms with Gasteiger partial charge in [0.05, 0.1) is 69.6 Å². The van der Waals surface area contributed by atoms with Crippen molar-refractivity contribution in [2.24, 2.45) is 0 Å². The number of aryl methyl sites for hydroxylation is 1. The molecule has 8 N–H and O–H groups in total. The maximum atomic E-state index is 15.8. The van der Waals surface area contributed by atoms with E-state index in [4.69, 9.17) is 0 Å². The number of amides is 4. The van der Waals surface area contributed by atoms with Gasteiger partial charge in [0.1, 0.15) is 0 Å². The smallest absolute Gasteiger partial charge is 0.411 e. The number of carbonyl (C=O) groups excluding carboxylic acids is 4. The molecule has 0 fully saturated rings. The predicted octanol–water partition coefficient (Wildman–Crippen LogP) is 9.39. The third kappa shape index (κ3) is 12.2. The molecule has 0 heterocycles. The molecule has 0 radical (unpaired) electrons. The molecule has 7 aromatic rings. The van der Waals surface area contributed by atoms with Crippen molar-refractivity contribution in [1.82, 2.24) is 10.6 Å². The highest BCUT2D eigenvalue weighted by atomic mass is 32.2. The summed E-state index contributed by atoms with van der Waals surface area (Å²) in [4.78, 5) is 101. The minimum absolute atomic E-state index is 0.0120. The molecule has 0 aliphatic carbocycles. The second kappa shape index (κ2) is 23.4. The number of hydrogen-bond donors (Lipinski definition) is 8. The molecule has 0 aromatic heterocycles. The molecule has 0 aliphatic rings. The van der Waals surface area contributed by atoms with E-state index in [1.165, 1.54) is 50.2 Å². The molecule has 446 valence electrons. The van der Waals surface area contributed by atoms with Crippen LogP contribution in [0.1, 0.15) is 119 Å². The summed E-state index contributed by atoms with van der Waals surface area (Å²) in [7, 11) is -7.83. The Morgan fingerprint density at radius 2 is 0.756 bits per heavy atom. The zero-order valence-electron chi connectivity index (χ0n) is 44.6. The second-order valence-electron chi connectivity index (χ2n) is 19.4. The lowest BCUT2D eigenvalue weighted by molar-refractivity contribution is -0.288. The Labute approximate surface area is 483 Å². The topological polar surface area (TPSA) is 334 Å². The lowest BCUT2D eigenvalue weighted by atomic mass is 9.71. The van der Waals surface area contributed by atoms with Crippen LogP contribution in [0.2, 0.25) is 0 Å². The van der Waals surface area contributed by atoms with Crippen molar-refractivity contribution in [3.05, 3.63) is 212 Å². The van der Waals surface area contributed by atoms with E-state index in [2.05, 4.69) is 21.3 Å². The molecular weight excluding hydrogens is 1190 g/mol. The molecule has 0 saturated carbocycles. The molecule has 20 nitrogen and oxygen atoms in total. The molecular formula is C58H44F6N4O16S2. The molecule has 86 heavy (non-hydrogen) atoms. The van der Waals surface area contributed by atoms with Crippen molar-refractivity contribution in [2.75, 3.05) is 17.7 Å². The highest BCUT2D eigenvalue weighted by Crippen LogP contribution is 2.57. The molecule has 0 spiro atoms. The Balaban J connectivity index is 1.23. The van der Waals surface area contributed by atoms with E-state index in [0.29, 0.717) is 17.7 Å². The molecule has 7 aromatic carbocycles. The number of carboxylic acids is 4. The Kier molecular flexibility index (Phi) is 17.3. The first-order chi connectivity index (χ1) is 40.0. The fourth-order valence-electron chi connectivity index (χ4n) is 9.16. The molecule has 4 amide bonds. The number of alkyl halides is 6. The van der Waals surface area contributed by atoms with Crippen LogP contribution in [-0.4, -0.2) is 104 Å². The van der Waals surface area contributed by atoms with Crippen molar-refractivity contribution in [2.45, 2.75) is 63.7 Å². The van der Waals surface area contributed by atoms with Gasteiger partial charge in [-0.15, -0.1) is 0 Å². The van der Waals surface area contributed by atoms with Gasteiger partial charge in [0.2, 0.25) is 25.1 Å². The summed E-state index contributed by atoms with van der Waals surface area (Å²) in [5.41, 5.74) is -18.8. The number of anilines is 2. The van der Waals surface area contributed by atoms with Crippen LogP contribution in [-0.2, 0) is 30.6 Å². The van der Waals surface area contributed by atoms with Crippen molar-refractivity contribution in [3.8, 4) is 0 Å². The molecule has 0 saturated heterocycles. The van der Waals surface area contributed by atoms with E-state index >= 15 is 26.3 Å². The van der Waals surface area contributed by atoms with E-state index in [1.54, 1.807) is 13.0 Å². The quantitative estimate of drug-likeness (QED) is 0.0371. The van der Waals surface area contributed by atoms with Crippen LogP contribution in [0.5, 0.6) is 0 Å². The van der Waals surface area contributed by atoms with Crippen LogP contribution in [0.25, 0.3) is 0 Å². The fraction of sp³-hybridized carbons (Fsp3) is 0.138. The predicted molar refractivity (Wildman–Crippen MR) is 291 cm³/mol. The van der Waals surface area contributed by atoms with E-state index in [1.807, 2.05) is 0 Å². The normalized spacial score (nSPS) is 12.1. The number of hydrogen-bond acceptors (Lipinski definition) is 12. The SMILES string of the molecule is CNC(=O)c1cc(C(=O)Nc2cccc(S(=O)(=O)c3cccc(C(C)(C)NC(=O)c4cc(C(c5ccc(C(=O)O)c(C(=O)Nc6cccc(S(=O)(=O)c7cccc(C)c7)c6)c5)(C(F)(F)F)C(F)(F)F)ccc4C(=O)O)c3)c2)c(C(=O)O)cc1C(=O)O. The van der Waals surface area contributed by atoms with Gasteiger partial charge in [-0.25, -0.2) is 36.0 Å². The van der Waals surface area contributed by atoms with Gasteiger partial charge in [0.25, 0.3) is 23.6 Å². The minimum atomic E-state index is -6.51. The monoisotopic (exact) mass is 1230 g/mol. The number of benzene rings is 7. The van der Waals surface area contributed by atoms with Gasteiger partial charge >= 0.3 is 36.2 Å². The maximum Gasteiger partial charge on any atom is 0.411 e. The van der Waals surface area contributed by atoms with Gasteiger partial charge in [-0.2, -0.15) is 26.3 Å². The fourth-order valence-corrected chi connectivity index (χ4v) is 11.9. The third-order valence-electron chi connectivity index (χ3n) is 13.4. The Morgan fingerprint density at radius 3 is 1.16 bits per heavy atom. The van der Waals surface area contributed by atoms with Crippen LogP contribution in [0.4, 0.5) is 37.7 Å². The molecule has 0 bridgehead atoms. The first-order valence-corrected chi connectivity index (χ1v) is 27.5. The lowest BCUT2D eigenvalue weighted by Crippen LogP contribution is -2.55. The number of sulfone groups is 2. The lowest BCUT2D eigenvalue weighted by Gasteiger charge is -2.39. The van der Waals surface area contributed by atoms with Gasteiger partial charge in [-0.1, -0.05) is 48.5 Å². The van der Waals surface area contributed by atoms with E-state index in [0.717, 1.165) is 61.6 Å². The zero-order chi connectivity index (χ0) is 63.8. The highest BCUT2D eigenvalue weighted by Gasteiger charge is 2.73. The summed E-state index contributed by atoms with van der Waals surface area (Å²) in [5.74, 6) is -13.0. The summed E-state index contributed by atoms with van der Waals surface area (Å²) in [6.45, 7) is 4.01. The van der Waals surface area contributed by atoms with Crippen LogP contribution in [0, 0.1) is 6.92 Å². The van der Waals surface area contributed by atoms with E-state index in [-0.39, 0.29) is 58.2 Å². The van der Waals surface area contributed by atoms with Gasteiger partial charge in [-0.3, -0.25) is 19.2 Å². The Bertz CT molecular complexity index is 4250. The van der Waals surface area contributed by atoms with Crippen molar-refractivity contribution >= 4 is 78.6 Å². The van der Waals surface area contributed by atoms with E-state index < -0.39 is 161 Å². The number of carbonyl (C=O) groups is 8. The Morgan fingerprint density at radius 1 is 0.395 bits per heavy atom. The highest BCUT2D eigenvalue weighted by molar-refractivity contribution is 7.91. The van der Waals surface area contributed by atoms with Gasteiger partial charge in [0, 0.05) is 18.4 Å². The number of carboxylic acid groups (broad SMARTS) is 4. The molecule has 0 aliphatic heterocycles. The number of nitrogens with one attached hydrogen (secondary N) is 4. The summed E-state index contributed by atoms with van der Waals surface area (Å²) in [6.07, 6.45) is -13.0. The second-order valence-corrected chi connectivity index (χ2v) is 23.3. The first kappa shape index (κ1) is 63.4. The van der Waals surface area contributed by atoms with Crippen LogP contribution in [0.3, 0.4) is 0 Å². The van der Waals surface area contributed by atoms with Crippen LogP contribution >= 0.6 is 0 Å². The average Bonchev–Trinajstić information content (AvgIpc) is 0.734. The average molecular weight is 1230 g/mol. The minimum Gasteiger partial charge on any atom is -0.478 e. The van der Waals surface area contributed by atoms with Crippen molar-refractivity contribution < 1.29 is 102 Å².